The highest BCUT2D eigenvalue weighted by Gasteiger charge is 2.44. The molecule has 1 aromatic rings. The molecule has 0 atom stereocenters. The number of carbonyl (C=O) groups excluding carboxylic acids is 1. The first-order valence-corrected chi connectivity index (χ1v) is 7.46. The quantitative estimate of drug-likeness (QED) is 0.883. The van der Waals surface area contributed by atoms with Crippen molar-refractivity contribution in [3.8, 4) is 0 Å². The maximum absolute atomic E-state index is 14.1. The van der Waals surface area contributed by atoms with Gasteiger partial charge in [0.1, 0.15) is 5.82 Å². The van der Waals surface area contributed by atoms with Crippen LogP contribution >= 0.6 is 0 Å². The van der Waals surface area contributed by atoms with Gasteiger partial charge in [-0.2, -0.15) is 0 Å². The molecule has 4 heteroatoms. The Labute approximate surface area is 118 Å². The Morgan fingerprint density at radius 3 is 2.60 bits per heavy atom. The van der Waals surface area contributed by atoms with E-state index in [-0.39, 0.29) is 11.7 Å². The Bertz CT molecular complexity index is 493. The van der Waals surface area contributed by atoms with Crippen LogP contribution in [0, 0.1) is 11.7 Å². The van der Waals surface area contributed by atoms with Gasteiger partial charge < -0.3 is 10.6 Å². The molecule has 1 aliphatic carbocycles. The SMILES string of the molecule is O=C(NCC1CNC1)C1(c2ccccc2F)CCCC1. The van der Waals surface area contributed by atoms with E-state index >= 15 is 0 Å². The van der Waals surface area contributed by atoms with E-state index in [1.54, 1.807) is 12.1 Å². The molecule has 1 saturated heterocycles. The Morgan fingerprint density at radius 1 is 1.30 bits per heavy atom. The van der Waals surface area contributed by atoms with Gasteiger partial charge in [-0.1, -0.05) is 31.0 Å². The zero-order chi connectivity index (χ0) is 14.0. The monoisotopic (exact) mass is 276 g/mol. The molecule has 1 aliphatic heterocycles. The predicted molar refractivity (Wildman–Crippen MR) is 75.9 cm³/mol. The van der Waals surface area contributed by atoms with E-state index in [4.69, 9.17) is 0 Å². The molecule has 2 N–H and O–H groups in total. The van der Waals surface area contributed by atoms with E-state index in [1.165, 1.54) is 6.07 Å². The van der Waals surface area contributed by atoms with Gasteiger partial charge >= 0.3 is 0 Å². The molecular weight excluding hydrogens is 255 g/mol. The summed E-state index contributed by atoms with van der Waals surface area (Å²) < 4.78 is 14.1. The molecule has 3 nitrogen and oxygen atoms in total. The molecule has 0 spiro atoms. The van der Waals surface area contributed by atoms with Crippen LogP contribution in [0.15, 0.2) is 24.3 Å². The first-order valence-electron chi connectivity index (χ1n) is 7.46. The Balaban J connectivity index is 1.80. The number of halogens is 1. The fourth-order valence-corrected chi connectivity index (χ4v) is 3.35. The van der Waals surface area contributed by atoms with Crippen molar-refractivity contribution in [1.29, 1.82) is 0 Å². The average molecular weight is 276 g/mol. The average Bonchev–Trinajstić information content (AvgIpc) is 2.88. The number of hydrogen-bond donors (Lipinski definition) is 2. The van der Waals surface area contributed by atoms with Crippen LogP contribution in [-0.4, -0.2) is 25.5 Å². The van der Waals surface area contributed by atoms with Crippen molar-refractivity contribution >= 4 is 5.91 Å². The van der Waals surface area contributed by atoms with Crippen molar-refractivity contribution in [2.45, 2.75) is 31.1 Å². The normalized spacial score (nSPS) is 21.4. The number of carbonyl (C=O) groups is 1. The highest BCUT2D eigenvalue weighted by Crippen LogP contribution is 2.42. The molecule has 0 unspecified atom stereocenters. The summed E-state index contributed by atoms with van der Waals surface area (Å²) >= 11 is 0. The Hall–Kier alpha value is -1.42. The van der Waals surface area contributed by atoms with Crippen molar-refractivity contribution < 1.29 is 9.18 Å². The van der Waals surface area contributed by atoms with Gasteiger partial charge in [0.2, 0.25) is 5.91 Å². The summed E-state index contributed by atoms with van der Waals surface area (Å²) in [5, 5.41) is 6.24. The van der Waals surface area contributed by atoms with Crippen molar-refractivity contribution in [3.05, 3.63) is 35.6 Å². The van der Waals surface area contributed by atoms with Crippen molar-refractivity contribution in [1.82, 2.24) is 10.6 Å². The van der Waals surface area contributed by atoms with E-state index in [1.807, 2.05) is 6.07 Å². The lowest BCUT2D eigenvalue weighted by molar-refractivity contribution is -0.127. The van der Waals surface area contributed by atoms with Gasteiger partial charge in [-0.15, -0.1) is 0 Å². The molecule has 108 valence electrons. The van der Waals surface area contributed by atoms with E-state index in [0.29, 0.717) is 18.0 Å². The largest absolute Gasteiger partial charge is 0.355 e. The summed E-state index contributed by atoms with van der Waals surface area (Å²) in [6.45, 7) is 2.63. The maximum atomic E-state index is 14.1. The molecule has 2 fully saturated rings. The molecule has 0 aromatic heterocycles. The zero-order valence-corrected chi connectivity index (χ0v) is 11.6. The summed E-state index contributed by atoms with van der Waals surface area (Å²) in [4.78, 5) is 12.7. The summed E-state index contributed by atoms with van der Waals surface area (Å²) in [5.74, 6) is 0.278. The Morgan fingerprint density at radius 2 is 2.00 bits per heavy atom. The molecule has 0 bridgehead atoms. The molecular formula is C16H21FN2O. The fourth-order valence-electron chi connectivity index (χ4n) is 3.35. The maximum Gasteiger partial charge on any atom is 0.230 e. The number of benzene rings is 1. The third-order valence-corrected chi connectivity index (χ3v) is 4.70. The van der Waals surface area contributed by atoms with Gasteiger partial charge in [0, 0.05) is 31.1 Å². The van der Waals surface area contributed by atoms with E-state index < -0.39 is 5.41 Å². The molecule has 20 heavy (non-hydrogen) atoms. The molecule has 3 rings (SSSR count). The lowest BCUT2D eigenvalue weighted by atomic mass is 9.77. The van der Waals surface area contributed by atoms with Crippen LogP contribution in [0.4, 0.5) is 4.39 Å². The van der Waals surface area contributed by atoms with E-state index in [9.17, 15) is 9.18 Å². The van der Waals surface area contributed by atoms with Gasteiger partial charge in [-0.05, 0) is 18.9 Å². The van der Waals surface area contributed by atoms with Gasteiger partial charge in [0.25, 0.3) is 0 Å². The van der Waals surface area contributed by atoms with E-state index in [0.717, 1.165) is 38.8 Å². The molecule has 0 radical (unpaired) electrons. The van der Waals surface area contributed by atoms with Crippen molar-refractivity contribution in [3.63, 3.8) is 0 Å². The lowest BCUT2D eigenvalue weighted by Gasteiger charge is -2.32. The van der Waals surface area contributed by atoms with Crippen LogP contribution in [0.1, 0.15) is 31.2 Å². The second-order valence-electron chi connectivity index (χ2n) is 6.00. The minimum absolute atomic E-state index is 0.00648. The van der Waals surface area contributed by atoms with Crippen LogP contribution in [0.25, 0.3) is 0 Å². The van der Waals surface area contributed by atoms with Crippen LogP contribution < -0.4 is 10.6 Å². The highest BCUT2D eigenvalue weighted by molar-refractivity contribution is 5.88. The van der Waals surface area contributed by atoms with Crippen molar-refractivity contribution in [2.75, 3.05) is 19.6 Å². The standard InChI is InChI=1S/C16H21FN2O/c17-14-6-2-1-5-13(14)16(7-3-4-8-16)15(20)19-11-12-9-18-10-12/h1-2,5-6,12,18H,3-4,7-11H2,(H,19,20). The molecule has 1 aromatic carbocycles. The molecule has 2 aliphatic rings. The first kappa shape index (κ1) is 13.6. The van der Waals surface area contributed by atoms with Crippen LogP contribution in [-0.2, 0) is 10.2 Å². The lowest BCUT2D eigenvalue weighted by Crippen LogP contribution is -2.51. The molecule has 1 saturated carbocycles. The van der Waals surface area contributed by atoms with Gasteiger partial charge in [-0.3, -0.25) is 4.79 Å². The number of amides is 1. The Kier molecular flexibility index (Phi) is 3.74. The summed E-state index contributed by atoms with van der Waals surface area (Å²) in [5.41, 5.74) is -0.0792. The minimum Gasteiger partial charge on any atom is -0.355 e. The van der Waals surface area contributed by atoms with Gasteiger partial charge in [-0.25, -0.2) is 4.39 Å². The van der Waals surface area contributed by atoms with Crippen LogP contribution in [0.2, 0.25) is 0 Å². The van der Waals surface area contributed by atoms with Gasteiger partial charge in [0.15, 0.2) is 0 Å². The fraction of sp³-hybridized carbons (Fsp3) is 0.562. The van der Waals surface area contributed by atoms with Crippen molar-refractivity contribution in [2.24, 2.45) is 5.92 Å². The van der Waals surface area contributed by atoms with E-state index in [2.05, 4.69) is 10.6 Å². The topological polar surface area (TPSA) is 41.1 Å². The second-order valence-corrected chi connectivity index (χ2v) is 6.00. The number of nitrogens with one attached hydrogen (secondary N) is 2. The smallest absolute Gasteiger partial charge is 0.230 e. The molecule has 1 heterocycles. The van der Waals surface area contributed by atoms with Gasteiger partial charge in [0.05, 0.1) is 5.41 Å². The third kappa shape index (κ3) is 2.33. The summed E-state index contributed by atoms with van der Waals surface area (Å²) in [7, 11) is 0. The summed E-state index contributed by atoms with van der Waals surface area (Å²) in [6, 6.07) is 6.73. The minimum atomic E-state index is -0.650. The predicted octanol–water partition coefficient (Wildman–Crippen LogP) is 1.97. The third-order valence-electron chi connectivity index (χ3n) is 4.70. The van der Waals surface area contributed by atoms with Crippen LogP contribution in [0.5, 0.6) is 0 Å². The molecule has 1 amide bonds. The summed E-state index contributed by atoms with van der Waals surface area (Å²) in [6.07, 6.45) is 3.49. The van der Waals surface area contributed by atoms with Crippen LogP contribution in [0.3, 0.4) is 0 Å². The number of hydrogen-bond acceptors (Lipinski definition) is 2. The second kappa shape index (κ2) is 5.52. The highest BCUT2D eigenvalue weighted by atomic mass is 19.1. The number of rotatable bonds is 4. The first-order chi connectivity index (χ1) is 9.72. The zero-order valence-electron chi connectivity index (χ0n) is 11.6.